The number of ether oxygens (including phenoxy) is 1. The molecular formula is C17H11ClF2N2O2. The van der Waals surface area contributed by atoms with E-state index in [1.807, 2.05) is 0 Å². The fraction of sp³-hybridized carbons (Fsp3) is 0.0588. The minimum Gasteiger partial charge on any atom is -0.464 e. The van der Waals surface area contributed by atoms with Gasteiger partial charge in [0.1, 0.15) is 16.5 Å². The van der Waals surface area contributed by atoms with Crippen LogP contribution in [0, 0.1) is 11.6 Å². The molecule has 3 rings (SSSR count). The molecule has 0 atom stereocenters. The lowest BCUT2D eigenvalue weighted by molar-refractivity contribution is 0.0593. The fourth-order valence-corrected chi connectivity index (χ4v) is 2.60. The predicted molar refractivity (Wildman–Crippen MR) is 85.3 cm³/mol. The summed E-state index contributed by atoms with van der Waals surface area (Å²) in [6.07, 6.45) is 0. The Kier molecular flexibility index (Phi) is 4.31. The third-order valence-electron chi connectivity index (χ3n) is 3.39. The van der Waals surface area contributed by atoms with Crippen LogP contribution >= 0.6 is 11.6 Å². The van der Waals surface area contributed by atoms with Crippen LogP contribution in [-0.4, -0.2) is 22.9 Å². The molecule has 0 aliphatic heterocycles. The van der Waals surface area contributed by atoms with Gasteiger partial charge in [0.2, 0.25) is 0 Å². The molecule has 0 N–H and O–H groups in total. The standard InChI is InChI=1S/C17H11ClF2N2O2/c1-24-17(23)15-14(18)16(10-5-3-2-4-6-10)22(21-15)13-8-7-11(19)9-12(13)20/h2-9H,1H3. The first-order chi connectivity index (χ1) is 11.5. The minimum atomic E-state index is -0.831. The minimum absolute atomic E-state index is 0.0248. The average molecular weight is 349 g/mol. The van der Waals surface area contributed by atoms with Gasteiger partial charge in [-0.3, -0.25) is 0 Å². The summed E-state index contributed by atoms with van der Waals surface area (Å²) in [7, 11) is 1.19. The lowest BCUT2D eigenvalue weighted by Crippen LogP contribution is -2.06. The highest BCUT2D eigenvalue weighted by Gasteiger charge is 2.25. The summed E-state index contributed by atoms with van der Waals surface area (Å²) in [5.41, 5.74) is 0.742. The van der Waals surface area contributed by atoms with Crippen LogP contribution in [0.3, 0.4) is 0 Å². The molecule has 7 heteroatoms. The van der Waals surface area contributed by atoms with E-state index in [0.717, 1.165) is 12.1 Å². The maximum absolute atomic E-state index is 14.2. The Balaban J connectivity index is 2.30. The van der Waals surface area contributed by atoms with E-state index in [9.17, 15) is 13.6 Å². The van der Waals surface area contributed by atoms with Crippen LogP contribution in [0.2, 0.25) is 5.02 Å². The summed E-state index contributed by atoms with van der Waals surface area (Å²) in [6.45, 7) is 0. The number of rotatable bonds is 3. The van der Waals surface area contributed by atoms with E-state index in [1.165, 1.54) is 17.9 Å². The molecule has 2 aromatic carbocycles. The Morgan fingerprint density at radius 3 is 2.50 bits per heavy atom. The Morgan fingerprint density at radius 1 is 1.17 bits per heavy atom. The number of hydrogen-bond donors (Lipinski definition) is 0. The number of hydrogen-bond acceptors (Lipinski definition) is 3. The normalized spacial score (nSPS) is 10.7. The first kappa shape index (κ1) is 16.1. The monoisotopic (exact) mass is 348 g/mol. The van der Waals surface area contributed by atoms with Gasteiger partial charge in [-0.15, -0.1) is 0 Å². The zero-order valence-corrected chi connectivity index (χ0v) is 13.2. The van der Waals surface area contributed by atoms with Gasteiger partial charge in [0.05, 0.1) is 12.8 Å². The number of carbonyl (C=O) groups excluding carboxylic acids is 1. The van der Waals surface area contributed by atoms with Crippen LogP contribution in [0.15, 0.2) is 48.5 Å². The van der Waals surface area contributed by atoms with E-state index in [1.54, 1.807) is 30.3 Å². The van der Waals surface area contributed by atoms with Crippen molar-refractivity contribution in [2.75, 3.05) is 7.11 Å². The summed E-state index contributed by atoms with van der Waals surface area (Å²) >= 11 is 6.29. The molecule has 1 aromatic heterocycles. The number of methoxy groups -OCH3 is 1. The van der Waals surface area contributed by atoms with Gasteiger partial charge in [-0.1, -0.05) is 41.9 Å². The van der Waals surface area contributed by atoms with Crippen molar-refractivity contribution >= 4 is 17.6 Å². The molecule has 3 aromatic rings. The second kappa shape index (κ2) is 6.41. The first-order valence-corrected chi connectivity index (χ1v) is 7.28. The largest absolute Gasteiger partial charge is 0.464 e. The van der Waals surface area contributed by atoms with Crippen LogP contribution < -0.4 is 0 Å². The highest BCUT2D eigenvalue weighted by molar-refractivity contribution is 6.35. The van der Waals surface area contributed by atoms with E-state index >= 15 is 0 Å². The Labute approximate surface area is 141 Å². The third-order valence-corrected chi connectivity index (χ3v) is 3.75. The van der Waals surface area contributed by atoms with Gasteiger partial charge >= 0.3 is 5.97 Å². The highest BCUT2D eigenvalue weighted by Crippen LogP contribution is 2.34. The smallest absolute Gasteiger partial charge is 0.360 e. The van der Waals surface area contributed by atoms with Gasteiger partial charge in [0, 0.05) is 11.6 Å². The van der Waals surface area contributed by atoms with Gasteiger partial charge in [-0.05, 0) is 12.1 Å². The number of esters is 1. The molecule has 0 unspecified atom stereocenters. The van der Waals surface area contributed by atoms with Crippen molar-refractivity contribution in [2.24, 2.45) is 0 Å². The van der Waals surface area contributed by atoms with Crippen molar-refractivity contribution in [1.29, 1.82) is 0 Å². The maximum Gasteiger partial charge on any atom is 0.360 e. The van der Waals surface area contributed by atoms with Crippen LogP contribution in [0.4, 0.5) is 8.78 Å². The van der Waals surface area contributed by atoms with Crippen molar-refractivity contribution in [3.8, 4) is 16.9 Å². The Morgan fingerprint density at radius 2 is 1.88 bits per heavy atom. The topological polar surface area (TPSA) is 44.1 Å². The lowest BCUT2D eigenvalue weighted by Gasteiger charge is -2.09. The summed E-state index contributed by atoms with van der Waals surface area (Å²) in [5, 5.41) is 4.09. The molecular weight excluding hydrogens is 338 g/mol. The predicted octanol–water partition coefficient (Wildman–Crippen LogP) is 4.26. The second-order valence-electron chi connectivity index (χ2n) is 4.88. The van der Waals surface area contributed by atoms with Crippen LogP contribution in [0.1, 0.15) is 10.5 Å². The molecule has 4 nitrogen and oxygen atoms in total. The van der Waals surface area contributed by atoms with E-state index in [4.69, 9.17) is 11.6 Å². The summed E-state index contributed by atoms with van der Waals surface area (Å²) in [4.78, 5) is 11.9. The quantitative estimate of drug-likeness (QED) is 0.664. The summed E-state index contributed by atoms with van der Waals surface area (Å²) < 4.78 is 33.2. The molecule has 0 spiro atoms. The Hall–Kier alpha value is -2.73. The molecule has 0 fully saturated rings. The molecule has 24 heavy (non-hydrogen) atoms. The number of aromatic nitrogens is 2. The van der Waals surface area contributed by atoms with Crippen molar-refractivity contribution < 1.29 is 18.3 Å². The van der Waals surface area contributed by atoms with Crippen LogP contribution in [0.5, 0.6) is 0 Å². The van der Waals surface area contributed by atoms with Crippen molar-refractivity contribution in [2.45, 2.75) is 0 Å². The number of nitrogens with zero attached hydrogens (tertiary/aromatic N) is 2. The van der Waals surface area contributed by atoms with Crippen molar-refractivity contribution in [3.63, 3.8) is 0 Å². The molecule has 1 heterocycles. The van der Waals surface area contributed by atoms with Crippen LogP contribution in [-0.2, 0) is 4.74 Å². The maximum atomic E-state index is 14.2. The summed E-state index contributed by atoms with van der Waals surface area (Å²) in [5.74, 6) is -2.30. The molecule has 0 saturated heterocycles. The molecule has 0 radical (unpaired) electrons. The fourth-order valence-electron chi connectivity index (χ4n) is 2.30. The highest BCUT2D eigenvalue weighted by atomic mass is 35.5. The zero-order valence-electron chi connectivity index (χ0n) is 12.5. The average Bonchev–Trinajstić information content (AvgIpc) is 2.92. The third kappa shape index (κ3) is 2.76. The van der Waals surface area contributed by atoms with Crippen molar-refractivity contribution in [3.05, 3.63) is 70.9 Å². The molecule has 0 saturated carbocycles. The van der Waals surface area contributed by atoms with E-state index in [-0.39, 0.29) is 16.4 Å². The number of carbonyl (C=O) groups is 1. The number of benzene rings is 2. The van der Waals surface area contributed by atoms with Gasteiger partial charge in [0.15, 0.2) is 11.5 Å². The number of halogens is 3. The van der Waals surface area contributed by atoms with E-state index < -0.39 is 17.6 Å². The first-order valence-electron chi connectivity index (χ1n) is 6.90. The van der Waals surface area contributed by atoms with Gasteiger partial charge in [0.25, 0.3) is 0 Å². The van der Waals surface area contributed by atoms with Crippen molar-refractivity contribution in [1.82, 2.24) is 9.78 Å². The second-order valence-corrected chi connectivity index (χ2v) is 5.25. The van der Waals surface area contributed by atoms with E-state index in [0.29, 0.717) is 11.3 Å². The molecule has 122 valence electrons. The molecule has 0 aliphatic carbocycles. The van der Waals surface area contributed by atoms with Crippen LogP contribution in [0.25, 0.3) is 16.9 Å². The van der Waals surface area contributed by atoms with Gasteiger partial charge in [-0.25, -0.2) is 18.3 Å². The Bertz CT molecular complexity index is 910. The summed E-state index contributed by atoms with van der Waals surface area (Å²) in [6, 6.07) is 11.9. The van der Waals surface area contributed by atoms with Gasteiger partial charge < -0.3 is 4.74 Å². The SMILES string of the molecule is COC(=O)c1nn(-c2ccc(F)cc2F)c(-c2ccccc2)c1Cl. The molecule has 0 amide bonds. The zero-order chi connectivity index (χ0) is 17.3. The molecule has 0 bridgehead atoms. The lowest BCUT2D eigenvalue weighted by atomic mass is 10.1. The molecule has 0 aliphatic rings. The van der Waals surface area contributed by atoms with E-state index in [2.05, 4.69) is 9.84 Å². The van der Waals surface area contributed by atoms with Gasteiger partial charge in [-0.2, -0.15) is 5.10 Å².